The van der Waals surface area contributed by atoms with Crippen molar-refractivity contribution in [2.24, 2.45) is 0 Å². The van der Waals surface area contributed by atoms with Crippen molar-refractivity contribution in [2.75, 3.05) is 11.9 Å². The summed E-state index contributed by atoms with van der Waals surface area (Å²) in [6, 6.07) is 9.07. The first-order valence-corrected chi connectivity index (χ1v) is 6.55. The van der Waals surface area contributed by atoms with E-state index in [9.17, 15) is 0 Å². The van der Waals surface area contributed by atoms with Gasteiger partial charge in [-0.2, -0.15) is 10.2 Å². The second-order valence-corrected chi connectivity index (χ2v) is 4.91. The molecule has 0 amide bonds. The van der Waals surface area contributed by atoms with E-state index >= 15 is 0 Å². The van der Waals surface area contributed by atoms with Gasteiger partial charge in [0.15, 0.2) is 0 Å². The molecule has 2 heterocycles. The van der Waals surface area contributed by atoms with Gasteiger partial charge in [-0.3, -0.25) is 0 Å². The predicted molar refractivity (Wildman–Crippen MR) is 73.6 cm³/mol. The quantitative estimate of drug-likeness (QED) is 0.847. The summed E-state index contributed by atoms with van der Waals surface area (Å²) in [5, 5.41) is 16.5. The van der Waals surface area contributed by atoms with E-state index in [0.717, 1.165) is 23.1 Å². The Labute approximate surface area is 107 Å². The third-order valence-corrected chi connectivity index (χ3v) is 3.65. The summed E-state index contributed by atoms with van der Waals surface area (Å²) in [5.41, 5.74) is 2.03. The highest BCUT2D eigenvalue weighted by molar-refractivity contribution is 5.90. The van der Waals surface area contributed by atoms with Crippen molar-refractivity contribution in [3.63, 3.8) is 0 Å². The average Bonchev–Trinajstić information content (AvgIpc) is 2.42. The molecular weight excluding hydrogens is 224 g/mol. The van der Waals surface area contributed by atoms with Crippen LogP contribution in [0.5, 0.6) is 0 Å². The van der Waals surface area contributed by atoms with Crippen molar-refractivity contribution in [3.8, 4) is 0 Å². The zero-order chi connectivity index (χ0) is 12.4. The third-order valence-electron chi connectivity index (χ3n) is 3.65. The first kappa shape index (κ1) is 11.4. The Kier molecular flexibility index (Phi) is 3.11. The smallest absolute Gasteiger partial charge is 0.0950 e. The predicted octanol–water partition coefficient (Wildman–Crippen LogP) is 2.18. The average molecular weight is 242 g/mol. The number of anilines is 1. The van der Waals surface area contributed by atoms with Crippen LogP contribution < -0.4 is 10.6 Å². The fourth-order valence-electron chi connectivity index (χ4n) is 2.56. The van der Waals surface area contributed by atoms with E-state index in [-0.39, 0.29) is 0 Å². The molecule has 1 aromatic carbocycles. The lowest BCUT2D eigenvalue weighted by Gasteiger charge is -2.31. The van der Waals surface area contributed by atoms with Gasteiger partial charge in [0.1, 0.15) is 0 Å². The largest absolute Gasteiger partial charge is 0.379 e. The van der Waals surface area contributed by atoms with Crippen molar-refractivity contribution in [2.45, 2.75) is 31.8 Å². The summed E-state index contributed by atoms with van der Waals surface area (Å²) >= 11 is 0. The number of fused-ring (bicyclic) bond motifs is 1. The highest BCUT2D eigenvalue weighted by Gasteiger charge is 2.21. The van der Waals surface area contributed by atoms with Crippen LogP contribution in [-0.2, 0) is 0 Å². The Morgan fingerprint density at radius 3 is 3.11 bits per heavy atom. The van der Waals surface area contributed by atoms with Crippen molar-refractivity contribution in [1.29, 1.82) is 0 Å². The lowest BCUT2D eigenvalue weighted by Crippen LogP contribution is -2.46. The van der Waals surface area contributed by atoms with E-state index < -0.39 is 0 Å². The standard InChI is InChI=1S/C14H18N4/c1-10-12(7-4-8-15-10)17-14-9-16-18-13-6-3-2-5-11(13)14/h2-3,5-6,9-10,12,15H,4,7-8H2,1H3,(H,17,18). The Bertz CT molecular complexity index is 535. The molecule has 1 fully saturated rings. The van der Waals surface area contributed by atoms with Gasteiger partial charge in [0.05, 0.1) is 17.4 Å². The van der Waals surface area contributed by atoms with E-state index in [1.54, 1.807) is 0 Å². The third kappa shape index (κ3) is 2.16. The molecular formula is C14H18N4. The van der Waals surface area contributed by atoms with Crippen LogP contribution in [0.3, 0.4) is 0 Å². The maximum atomic E-state index is 4.15. The number of piperidine rings is 1. The molecule has 2 unspecified atom stereocenters. The monoisotopic (exact) mass is 242 g/mol. The second kappa shape index (κ2) is 4.90. The number of hydrogen-bond donors (Lipinski definition) is 2. The van der Waals surface area contributed by atoms with E-state index in [0.29, 0.717) is 12.1 Å². The highest BCUT2D eigenvalue weighted by Crippen LogP contribution is 2.22. The number of nitrogens with zero attached hydrogens (tertiary/aromatic N) is 2. The summed E-state index contributed by atoms with van der Waals surface area (Å²) in [6.45, 7) is 3.35. The van der Waals surface area contributed by atoms with Gasteiger partial charge in [-0.1, -0.05) is 18.2 Å². The first-order valence-electron chi connectivity index (χ1n) is 6.55. The van der Waals surface area contributed by atoms with Crippen LogP contribution in [0.25, 0.3) is 10.9 Å². The van der Waals surface area contributed by atoms with Gasteiger partial charge in [-0.15, -0.1) is 0 Å². The van der Waals surface area contributed by atoms with Gasteiger partial charge in [-0.25, -0.2) is 0 Å². The fraction of sp³-hybridized carbons (Fsp3) is 0.429. The van der Waals surface area contributed by atoms with Crippen molar-refractivity contribution in [1.82, 2.24) is 15.5 Å². The van der Waals surface area contributed by atoms with Crippen LogP contribution >= 0.6 is 0 Å². The molecule has 3 rings (SSSR count). The summed E-state index contributed by atoms with van der Waals surface area (Å²) in [7, 11) is 0. The number of rotatable bonds is 2. The number of hydrogen-bond acceptors (Lipinski definition) is 4. The van der Waals surface area contributed by atoms with Crippen molar-refractivity contribution < 1.29 is 0 Å². The fourth-order valence-corrected chi connectivity index (χ4v) is 2.56. The van der Waals surface area contributed by atoms with Crippen molar-refractivity contribution in [3.05, 3.63) is 30.5 Å². The Balaban J connectivity index is 1.90. The summed E-state index contributed by atoms with van der Waals surface area (Å²) in [4.78, 5) is 0. The minimum Gasteiger partial charge on any atom is -0.379 e. The second-order valence-electron chi connectivity index (χ2n) is 4.91. The van der Waals surface area contributed by atoms with Crippen LogP contribution in [0, 0.1) is 0 Å². The van der Waals surface area contributed by atoms with Crippen molar-refractivity contribution >= 4 is 16.6 Å². The van der Waals surface area contributed by atoms with Gasteiger partial charge < -0.3 is 10.6 Å². The molecule has 1 aromatic heterocycles. The van der Waals surface area contributed by atoms with Crippen LogP contribution in [0.4, 0.5) is 5.69 Å². The van der Waals surface area contributed by atoms with Crippen LogP contribution in [0.1, 0.15) is 19.8 Å². The maximum Gasteiger partial charge on any atom is 0.0950 e. The van der Waals surface area contributed by atoms with E-state index in [2.05, 4.69) is 33.8 Å². The van der Waals surface area contributed by atoms with E-state index in [1.165, 1.54) is 12.8 Å². The molecule has 2 aromatic rings. The lowest BCUT2D eigenvalue weighted by molar-refractivity contribution is 0.389. The number of nitrogens with one attached hydrogen (secondary N) is 2. The molecule has 0 aliphatic carbocycles. The SMILES string of the molecule is CC1NCCCC1Nc1cnnc2ccccc12. The zero-order valence-corrected chi connectivity index (χ0v) is 10.6. The van der Waals surface area contributed by atoms with E-state index in [4.69, 9.17) is 0 Å². The number of aromatic nitrogens is 2. The van der Waals surface area contributed by atoms with Gasteiger partial charge >= 0.3 is 0 Å². The first-order chi connectivity index (χ1) is 8.84. The minimum atomic E-state index is 0.464. The van der Waals surface area contributed by atoms with Gasteiger partial charge in [0.2, 0.25) is 0 Å². The molecule has 94 valence electrons. The molecule has 0 radical (unpaired) electrons. The molecule has 2 atom stereocenters. The maximum absolute atomic E-state index is 4.15. The van der Waals surface area contributed by atoms with Gasteiger partial charge in [0, 0.05) is 17.5 Å². The highest BCUT2D eigenvalue weighted by atomic mass is 15.1. The normalized spacial score (nSPS) is 24.1. The summed E-state index contributed by atoms with van der Waals surface area (Å²) in [6.07, 6.45) is 4.24. The summed E-state index contributed by atoms with van der Waals surface area (Å²) < 4.78 is 0. The topological polar surface area (TPSA) is 49.8 Å². The molecule has 1 aliphatic heterocycles. The molecule has 0 spiro atoms. The van der Waals surface area contributed by atoms with Gasteiger partial charge in [-0.05, 0) is 32.4 Å². The Morgan fingerprint density at radius 2 is 2.22 bits per heavy atom. The molecule has 1 aliphatic rings. The van der Waals surface area contributed by atoms with Gasteiger partial charge in [0.25, 0.3) is 0 Å². The Morgan fingerprint density at radius 1 is 1.33 bits per heavy atom. The van der Waals surface area contributed by atoms with Crippen LogP contribution in [0.15, 0.2) is 30.5 Å². The van der Waals surface area contributed by atoms with Crippen LogP contribution in [-0.4, -0.2) is 28.8 Å². The van der Waals surface area contributed by atoms with E-state index in [1.807, 2.05) is 24.4 Å². The number of benzene rings is 1. The Hall–Kier alpha value is -1.68. The molecule has 1 saturated heterocycles. The molecule has 0 saturated carbocycles. The van der Waals surface area contributed by atoms with Crippen LogP contribution in [0.2, 0.25) is 0 Å². The molecule has 4 nitrogen and oxygen atoms in total. The molecule has 4 heteroatoms. The minimum absolute atomic E-state index is 0.464. The lowest BCUT2D eigenvalue weighted by atomic mass is 9.99. The summed E-state index contributed by atoms with van der Waals surface area (Å²) in [5.74, 6) is 0. The molecule has 0 bridgehead atoms. The molecule has 2 N–H and O–H groups in total. The zero-order valence-electron chi connectivity index (χ0n) is 10.6. The molecule has 18 heavy (non-hydrogen) atoms.